The molecule has 0 spiro atoms. The van der Waals surface area contributed by atoms with Crippen LogP contribution in [0.1, 0.15) is 39.2 Å². The fourth-order valence-corrected chi connectivity index (χ4v) is 3.34. The molecule has 7 heteroatoms. The number of hydrogen-bond donors (Lipinski definition) is 2. The number of benzene rings is 1. The van der Waals surface area contributed by atoms with Crippen molar-refractivity contribution in [1.29, 1.82) is 0 Å². The smallest absolute Gasteiger partial charge is 0.407 e. The lowest BCUT2D eigenvalue weighted by Crippen LogP contribution is -2.49. The molecule has 0 saturated carbocycles. The molecule has 0 aromatic heterocycles. The zero-order chi connectivity index (χ0) is 18.7. The zero-order valence-corrected chi connectivity index (χ0v) is 15.4. The second kappa shape index (κ2) is 7.53. The fraction of sp³-hybridized carbons (Fsp3) is 0.579. The number of amides is 2. The van der Waals surface area contributed by atoms with E-state index in [1.807, 2.05) is 51.1 Å². The summed E-state index contributed by atoms with van der Waals surface area (Å²) in [6.07, 6.45) is 0.160. The maximum Gasteiger partial charge on any atom is 0.407 e. The predicted molar refractivity (Wildman–Crippen MR) is 94.6 cm³/mol. The molecule has 4 unspecified atom stereocenters. The molecule has 3 rings (SSSR count). The third kappa shape index (κ3) is 4.88. The van der Waals surface area contributed by atoms with Crippen LogP contribution in [0.5, 0.6) is 0 Å². The number of ether oxygens (including phenoxy) is 3. The monoisotopic (exact) mass is 362 g/mol. The quantitative estimate of drug-likeness (QED) is 0.860. The summed E-state index contributed by atoms with van der Waals surface area (Å²) < 4.78 is 16.4. The van der Waals surface area contributed by atoms with Crippen LogP contribution in [0.3, 0.4) is 0 Å². The van der Waals surface area contributed by atoms with Crippen molar-refractivity contribution in [3.63, 3.8) is 0 Å². The molecule has 7 nitrogen and oxygen atoms in total. The summed E-state index contributed by atoms with van der Waals surface area (Å²) in [5.74, 6) is 0. The Kier molecular flexibility index (Phi) is 5.36. The van der Waals surface area contributed by atoms with Gasteiger partial charge in [0.1, 0.15) is 12.2 Å². The normalized spacial score (nSPS) is 27.0. The first-order valence-corrected chi connectivity index (χ1v) is 8.92. The van der Waals surface area contributed by atoms with Gasteiger partial charge in [-0.2, -0.15) is 0 Å². The van der Waals surface area contributed by atoms with E-state index < -0.39 is 17.8 Å². The predicted octanol–water partition coefficient (Wildman–Crippen LogP) is 2.74. The summed E-state index contributed by atoms with van der Waals surface area (Å²) in [7, 11) is 0. The van der Waals surface area contributed by atoms with E-state index in [-0.39, 0.29) is 30.9 Å². The van der Waals surface area contributed by atoms with E-state index in [4.69, 9.17) is 14.2 Å². The van der Waals surface area contributed by atoms with Crippen LogP contribution in [0.2, 0.25) is 0 Å². The van der Waals surface area contributed by atoms with Gasteiger partial charge < -0.3 is 24.8 Å². The minimum atomic E-state index is -0.533. The molecule has 0 radical (unpaired) electrons. The number of fused-ring (bicyclic) bond motifs is 2. The first kappa shape index (κ1) is 18.5. The Bertz CT molecular complexity index is 643. The standard InChI is InChI=1S/C19H26N2O5/c1-19(2,3)26-18(23)21-14-10-15-13(9-16(14)25-15)20-17(22)24-11-12-7-5-4-6-8-12/h4-8,13-16H,9-11H2,1-3H3,(H,20,22)(H,21,23). The van der Waals surface area contributed by atoms with E-state index in [0.29, 0.717) is 12.8 Å². The Morgan fingerprint density at radius 3 is 2.15 bits per heavy atom. The Morgan fingerprint density at radius 1 is 1.04 bits per heavy atom. The highest BCUT2D eigenvalue weighted by molar-refractivity contribution is 5.69. The van der Waals surface area contributed by atoms with Crippen LogP contribution in [0, 0.1) is 0 Å². The van der Waals surface area contributed by atoms with E-state index in [2.05, 4.69) is 10.6 Å². The Hall–Kier alpha value is -2.28. The molecule has 2 heterocycles. The van der Waals surface area contributed by atoms with Gasteiger partial charge in [-0.3, -0.25) is 0 Å². The summed E-state index contributed by atoms with van der Waals surface area (Å²) >= 11 is 0. The molecule has 142 valence electrons. The van der Waals surface area contributed by atoms with Crippen molar-refractivity contribution in [3.8, 4) is 0 Å². The average molecular weight is 362 g/mol. The second-order valence-electron chi connectivity index (χ2n) is 7.75. The Labute approximate surface area is 153 Å². The number of carbonyl (C=O) groups is 2. The van der Waals surface area contributed by atoms with Crippen LogP contribution in [0.25, 0.3) is 0 Å². The number of carbonyl (C=O) groups excluding carboxylic acids is 2. The third-order valence-corrected chi connectivity index (χ3v) is 4.44. The van der Waals surface area contributed by atoms with Crippen LogP contribution < -0.4 is 10.6 Å². The summed E-state index contributed by atoms with van der Waals surface area (Å²) in [6.45, 7) is 5.71. The largest absolute Gasteiger partial charge is 0.445 e. The highest BCUT2D eigenvalue weighted by Gasteiger charge is 2.48. The lowest BCUT2D eigenvalue weighted by atomic mass is 9.91. The number of rotatable bonds is 4. The van der Waals surface area contributed by atoms with E-state index in [9.17, 15) is 9.59 Å². The number of hydrogen-bond acceptors (Lipinski definition) is 5. The van der Waals surface area contributed by atoms with Crippen LogP contribution in [0.4, 0.5) is 9.59 Å². The summed E-state index contributed by atoms with van der Waals surface area (Å²) in [6, 6.07) is 9.34. The van der Waals surface area contributed by atoms with Crippen molar-refractivity contribution in [2.24, 2.45) is 0 Å². The van der Waals surface area contributed by atoms with Gasteiger partial charge >= 0.3 is 12.2 Å². The molecular weight excluding hydrogens is 336 g/mol. The number of alkyl carbamates (subject to hydrolysis) is 2. The van der Waals surface area contributed by atoms with E-state index in [1.54, 1.807) is 0 Å². The van der Waals surface area contributed by atoms with E-state index >= 15 is 0 Å². The van der Waals surface area contributed by atoms with Gasteiger partial charge in [-0.05, 0) is 39.2 Å². The summed E-state index contributed by atoms with van der Waals surface area (Å²) in [5.41, 5.74) is 0.406. The first-order chi connectivity index (χ1) is 12.3. The van der Waals surface area contributed by atoms with Gasteiger partial charge in [-0.15, -0.1) is 0 Å². The van der Waals surface area contributed by atoms with Crippen molar-refractivity contribution >= 4 is 12.2 Å². The zero-order valence-electron chi connectivity index (χ0n) is 15.4. The van der Waals surface area contributed by atoms with Gasteiger partial charge in [-0.25, -0.2) is 9.59 Å². The third-order valence-electron chi connectivity index (χ3n) is 4.44. The van der Waals surface area contributed by atoms with Crippen molar-refractivity contribution < 1.29 is 23.8 Å². The molecule has 4 atom stereocenters. The Balaban J connectivity index is 1.41. The molecule has 1 aromatic carbocycles. The van der Waals surface area contributed by atoms with Crippen LogP contribution in [0.15, 0.2) is 30.3 Å². The van der Waals surface area contributed by atoms with Crippen LogP contribution in [-0.2, 0) is 20.8 Å². The van der Waals surface area contributed by atoms with Gasteiger partial charge in [0.15, 0.2) is 0 Å². The molecular formula is C19H26N2O5. The lowest BCUT2D eigenvalue weighted by Gasteiger charge is -2.27. The van der Waals surface area contributed by atoms with Gasteiger partial charge in [0.2, 0.25) is 0 Å². The SMILES string of the molecule is CC(C)(C)OC(=O)NC1CC2OC1CC2NC(=O)OCc1ccccc1. The second-order valence-corrected chi connectivity index (χ2v) is 7.75. The van der Waals surface area contributed by atoms with Gasteiger partial charge in [0.05, 0.1) is 24.3 Å². The molecule has 2 aliphatic rings. The molecule has 0 aliphatic carbocycles. The highest BCUT2D eigenvalue weighted by Crippen LogP contribution is 2.35. The molecule has 26 heavy (non-hydrogen) atoms. The molecule has 2 N–H and O–H groups in total. The van der Waals surface area contributed by atoms with Crippen molar-refractivity contribution in [1.82, 2.24) is 10.6 Å². The van der Waals surface area contributed by atoms with Gasteiger partial charge in [0.25, 0.3) is 0 Å². The van der Waals surface area contributed by atoms with Gasteiger partial charge in [-0.1, -0.05) is 30.3 Å². The highest BCUT2D eigenvalue weighted by atomic mass is 16.6. The first-order valence-electron chi connectivity index (χ1n) is 8.92. The lowest BCUT2D eigenvalue weighted by molar-refractivity contribution is 0.0461. The molecule has 2 amide bonds. The van der Waals surface area contributed by atoms with Crippen molar-refractivity contribution in [2.75, 3.05) is 0 Å². The molecule has 2 saturated heterocycles. The van der Waals surface area contributed by atoms with Crippen molar-refractivity contribution in [3.05, 3.63) is 35.9 Å². The Morgan fingerprint density at radius 2 is 1.62 bits per heavy atom. The van der Waals surface area contributed by atoms with E-state index in [1.165, 1.54) is 0 Å². The fourth-order valence-electron chi connectivity index (χ4n) is 3.34. The number of nitrogens with one attached hydrogen (secondary N) is 2. The van der Waals surface area contributed by atoms with E-state index in [0.717, 1.165) is 5.56 Å². The molecule has 2 aliphatic heterocycles. The van der Waals surface area contributed by atoms with Crippen molar-refractivity contribution in [2.45, 2.75) is 70.1 Å². The minimum Gasteiger partial charge on any atom is -0.445 e. The van der Waals surface area contributed by atoms with Crippen LogP contribution in [-0.4, -0.2) is 42.1 Å². The molecule has 1 aromatic rings. The van der Waals surface area contributed by atoms with Gasteiger partial charge in [0, 0.05) is 0 Å². The maximum absolute atomic E-state index is 12.0. The molecule has 2 bridgehead atoms. The minimum absolute atomic E-state index is 0.0896. The summed E-state index contributed by atoms with van der Waals surface area (Å²) in [5, 5.41) is 5.72. The maximum atomic E-state index is 12.0. The average Bonchev–Trinajstić information content (AvgIpc) is 3.12. The molecule has 2 fully saturated rings. The van der Waals surface area contributed by atoms with Crippen LogP contribution >= 0.6 is 0 Å². The summed E-state index contributed by atoms with van der Waals surface area (Å²) in [4.78, 5) is 23.9. The topological polar surface area (TPSA) is 85.9 Å².